The van der Waals surface area contributed by atoms with Crippen molar-refractivity contribution in [1.29, 1.82) is 0 Å². The number of benzene rings is 1. The van der Waals surface area contributed by atoms with Crippen molar-refractivity contribution >= 4 is 23.4 Å². The predicted octanol–water partition coefficient (Wildman–Crippen LogP) is 3.00. The van der Waals surface area contributed by atoms with Crippen LogP contribution in [0.4, 0.5) is 0 Å². The molecule has 1 fully saturated rings. The Morgan fingerprint density at radius 3 is 2.62 bits per heavy atom. The molecule has 132 valence electrons. The number of likely N-dealkylation sites (N-methyl/N-ethyl adjacent to an activating group) is 1. The summed E-state index contributed by atoms with van der Waals surface area (Å²) < 4.78 is 5.34. The van der Waals surface area contributed by atoms with Crippen molar-refractivity contribution in [1.82, 2.24) is 10.2 Å². The first-order valence-electron chi connectivity index (χ1n) is 8.27. The van der Waals surface area contributed by atoms with E-state index in [0.29, 0.717) is 17.3 Å². The fraction of sp³-hybridized carbons (Fsp3) is 0.556. The summed E-state index contributed by atoms with van der Waals surface area (Å²) >= 11 is 6.06. The summed E-state index contributed by atoms with van der Waals surface area (Å²) in [6.45, 7) is 1.83. The van der Waals surface area contributed by atoms with Gasteiger partial charge in [-0.3, -0.25) is 9.59 Å². The molecule has 0 radical (unpaired) electrons. The van der Waals surface area contributed by atoms with E-state index in [1.807, 2.05) is 0 Å². The molecule has 1 unspecified atom stereocenters. The molecule has 1 aliphatic rings. The minimum absolute atomic E-state index is 0.0703. The number of hydrogen-bond donors (Lipinski definition) is 1. The SMILES string of the molecule is COc1ccc(Cl)cc1CN(C)C(=O)C(NC(C)=O)C1CCCC1. The summed E-state index contributed by atoms with van der Waals surface area (Å²) in [5, 5.41) is 3.44. The Bertz CT molecular complexity index is 600. The lowest BCUT2D eigenvalue weighted by molar-refractivity contribution is -0.137. The summed E-state index contributed by atoms with van der Waals surface area (Å²) in [4.78, 5) is 26.0. The van der Waals surface area contributed by atoms with Crippen LogP contribution in [0.5, 0.6) is 5.75 Å². The number of nitrogens with one attached hydrogen (secondary N) is 1. The highest BCUT2D eigenvalue weighted by atomic mass is 35.5. The topological polar surface area (TPSA) is 58.6 Å². The molecule has 1 aliphatic carbocycles. The van der Waals surface area contributed by atoms with Crippen LogP contribution in [0.15, 0.2) is 18.2 Å². The normalized spacial score (nSPS) is 15.8. The van der Waals surface area contributed by atoms with Gasteiger partial charge in [0.25, 0.3) is 0 Å². The third-order valence-electron chi connectivity index (χ3n) is 4.52. The van der Waals surface area contributed by atoms with Crippen molar-refractivity contribution in [3.8, 4) is 5.75 Å². The Labute approximate surface area is 148 Å². The smallest absolute Gasteiger partial charge is 0.245 e. The average molecular weight is 353 g/mol. The molecule has 2 amide bonds. The van der Waals surface area contributed by atoms with E-state index in [1.165, 1.54) is 6.92 Å². The molecule has 0 spiro atoms. The average Bonchev–Trinajstić information content (AvgIpc) is 3.06. The number of carbonyl (C=O) groups excluding carboxylic acids is 2. The monoisotopic (exact) mass is 352 g/mol. The van der Waals surface area contributed by atoms with Gasteiger partial charge in [0.05, 0.1) is 7.11 Å². The van der Waals surface area contributed by atoms with Crippen LogP contribution in [-0.4, -0.2) is 36.9 Å². The predicted molar refractivity (Wildman–Crippen MR) is 94.0 cm³/mol. The van der Waals surface area contributed by atoms with Crippen LogP contribution >= 0.6 is 11.6 Å². The van der Waals surface area contributed by atoms with Gasteiger partial charge in [0.1, 0.15) is 11.8 Å². The Kier molecular flexibility index (Phi) is 6.49. The van der Waals surface area contributed by atoms with Gasteiger partial charge in [0.15, 0.2) is 0 Å². The third kappa shape index (κ3) is 4.63. The third-order valence-corrected chi connectivity index (χ3v) is 4.76. The van der Waals surface area contributed by atoms with Crippen LogP contribution in [0.3, 0.4) is 0 Å². The van der Waals surface area contributed by atoms with Crippen molar-refractivity contribution in [3.05, 3.63) is 28.8 Å². The van der Waals surface area contributed by atoms with Gasteiger partial charge in [0, 0.05) is 31.1 Å². The van der Waals surface area contributed by atoms with Crippen LogP contribution in [0.25, 0.3) is 0 Å². The molecule has 0 bridgehead atoms. The van der Waals surface area contributed by atoms with Gasteiger partial charge in [-0.1, -0.05) is 24.4 Å². The fourth-order valence-corrected chi connectivity index (χ4v) is 3.53. The second-order valence-electron chi connectivity index (χ2n) is 6.37. The van der Waals surface area contributed by atoms with Crippen molar-refractivity contribution in [2.24, 2.45) is 5.92 Å². The molecule has 0 saturated heterocycles. The summed E-state index contributed by atoms with van der Waals surface area (Å²) in [5.74, 6) is 0.661. The molecule has 0 aromatic heterocycles. The lowest BCUT2D eigenvalue weighted by Gasteiger charge is -2.28. The zero-order chi connectivity index (χ0) is 17.7. The van der Waals surface area contributed by atoms with Gasteiger partial charge in [-0.25, -0.2) is 0 Å². The quantitative estimate of drug-likeness (QED) is 0.856. The first kappa shape index (κ1) is 18.6. The summed E-state index contributed by atoms with van der Waals surface area (Å²) in [6, 6.07) is 4.88. The van der Waals surface area contributed by atoms with Crippen molar-refractivity contribution in [2.75, 3.05) is 14.2 Å². The fourth-order valence-electron chi connectivity index (χ4n) is 3.33. The van der Waals surface area contributed by atoms with E-state index in [2.05, 4.69) is 5.32 Å². The maximum absolute atomic E-state index is 12.9. The Balaban J connectivity index is 2.14. The summed E-state index contributed by atoms with van der Waals surface area (Å²) in [5.41, 5.74) is 0.842. The molecule has 0 aliphatic heterocycles. The number of carbonyl (C=O) groups is 2. The standard InChI is InChI=1S/C18H25ClN2O3/c1-12(22)20-17(13-6-4-5-7-13)18(23)21(2)11-14-10-15(19)8-9-16(14)24-3/h8-10,13,17H,4-7,11H2,1-3H3,(H,20,22). The van der Waals surface area contributed by atoms with Crippen molar-refractivity contribution < 1.29 is 14.3 Å². The van der Waals surface area contributed by atoms with Gasteiger partial charge in [-0.05, 0) is 37.0 Å². The zero-order valence-electron chi connectivity index (χ0n) is 14.5. The molecule has 1 N–H and O–H groups in total. The van der Waals surface area contributed by atoms with Crippen molar-refractivity contribution in [3.63, 3.8) is 0 Å². The molecular formula is C18H25ClN2O3. The van der Waals surface area contributed by atoms with Gasteiger partial charge in [0.2, 0.25) is 11.8 Å². The summed E-state index contributed by atoms with van der Waals surface area (Å²) in [6.07, 6.45) is 4.18. The number of halogens is 1. The molecule has 2 rings (SSSR count). The Morgan fingerprint density at radius 1 is 1.38 bits per heavy atom. The van der Waals surface area contributed by atoms with Crippen LogP contribution in [0.1, 0.15) is 38.2 Å². The van der Waals surface area contributed by atoms with Crippen LogP contribution in [0.2, 0.25) is 5.02 Å². The first-order chi connectivity index (χ1) is 11.4. The molecule has 24 heavy (non-hydrogen) atoms. The molecule has 5 nitrogen and oxygen atoms in total. The molecular weight excluding hydrogens is 328 g/mol. The van der Waals surface area contributed by atoms with E-state index in [9.17, 15) is 9.59 Å². The number of ether oxygens (including phenoxy) is 1. The summed E-state index contributed by atoms with van der Waals surface area (Å²) in [7, 11) is 3.33. The lowest BCUT2D eigenvalue weighted by Crippen LogP contribution is -2.50. The Morgan fingerprint density at radius 2 is 2.04 bits per heavy atom. The van der Waals surface area contributed by atoms with E-state index in [0.717, 1.165) is 31.2 Å². The number of hydrogen-bond acceptors (Lipinski definition) is 3. The largest absolute Gasteiger partial charge is 0.496 e. The number of nitrogens with zero attached hydrogens (tertiary/aromatic N) is 1. The zero-order valence-corrected chi connectivity index (χ0v) is 15.2. The molecule has 1 aromatic carbocycles. The molecule has 6 heteroatoms. The maximum atomic E-state index is 12.9. The van der Waals surface area contributed by atoms with Crippen molar-refractivity contribution in [2.45, 2.75) is 45.2 Å². The van der Waals surface area contributed by atoms with Gasteiger partial charge in [-0.15, -0.1) is 0 Å². The van der Waals surface area contributed by atoms with Crippen LogP contribution < -0.4 is 10.1 Å². The molecule has 1 aromatic rings. The lowest BCUT2D eigenvalue weighted by atomic mass is 9.96. The first-order valence-corrected chi connectivity index (χ1v) is 8.64. The maximum Gasteiger partial charge on any atom is 0.245 e. The molecule has 1 saturated carbocycles. The van der Waals surface area contributed by atoms with Gasteiger partial charge in [-0.2, -0.15) is 0 Å². The van der Waals surface area contributed by atoms with Crippen LogP contribution in [0, 0.1) is 5.92 Å². The van der Waals surface area contributed by atoms with E-state index >= 15 is 0 Å². The van der Waals surface area contributed by atoms with Gasteiger partial charge < -0.3 is 15.0 Å². The van der Waals surface area contributed by atoms with E-state index in [-0.39, 0.29) is 17.7 Å². The van der Waals surface area contributed by atoms with E-state index in [4.69, 9.17) is 16.3 Å². The minimum Gasteiger partial charge on any atom is -0.496 e. The number of methoxy groups -OCH3 is 1. The number of amides is 2. The molecule has 1 atom stereocenters. The van der Waals surface area contributed by atoms with E-state index in [1.54, 1.807) is 37.3 Å². The minimum atomic E-state index is -0.458. The molecule has 0 heterocycles. The van der Waals surface area contributed by atoms with E-state index < -0.39 is 6.04 Å². The highest BCUT2D eigenvalue weighted by Gasteiger charge is 2.33. The van der Waals surface area contributed by atoms with Gasteiger partial charge >= 0.3 is 0 Å². The number of rotatable bonds is 6. The highest BCUT2D eigenvalue weighted by molar-refractivity contribution is 6.30. The second kappa shape index (κ2) is 8.38. The second-order valence-corrected chi connectivity index (χ2v) is 6.81. The Hall–Kier alpha value is -1.75. The van der Waals surface area contributed by atoms with Crippen LogP contribution in [-0.2, 0) is 16.1 Å². The highest BCUT2D eigenvalue weighted by Crippen LogP contribution is 2.29.